The van der Waals surface area contributed by atoms with Crippen LogP contribution in [0.25, 0.3) is 39.6 Å². The number of hydrogen-bond donors (Lipinski definition) is 0. The zero-order chi connectivity index (χ0) is 22.8. The maximum atomic E-state index is 4.66. The maximum Gasteiger partial charge on any atom is 0.168 e. The Labute approximate surface area is 195 Å². The fraction of sp³-hybridized carbons (Fsp3) is 0.133. The highest BCUT2D eigenvalue weighted by Gasteiger charge is 2.19. The van der Waals surface area contributed by atoms with Crippen molar-refractivity contribution in [3.05, 3.63) is 115 Å². The second kappa shape index (κ2) is 8.51. The van der Waals surface area contributed by atoms with Crippen LogP contribution in [0.2, 0.25) is 0 Å². The Morgan fingerprint density at radius 3 is 1.70 bits per heavy atom. The molecule has 0 bridgehead atoms. The molecule has 0 fully saturated rings. The van der Waals surface area contributed by atoms with E-state index in [-0.39, 0.29) is 5.41 Å². The van der Waals surface area contributed by atoms with Crippen LogP contribution in [0.1, 0.15) is 26.3 Å². The molecule has 3 nitrogen and oxygen atoms in total. The lowest BCUT2D eigenvalue weighted by Crippen LogP contribution is -2.10. The standard InChI is InChI=1S/C30H27N3/c1-30(2,3)26-19-17-23(18-20-26)28-31-32-29(33(28)27-15-8-5-9-16-27)25-14-10-13-24(21-25)22-11-6-4-7-12-22/h4-21H,1-3H3. The summed E-state index contributed by atoms with van der Waals surface area (Å²) in [5.41, 5.74) is 6.87. The van der Waals surface area contributed by atoms with Crippen molar-refractivity contribution < 1.29 is 0 Å². The molecular weight excluding hydrogens is 402 g/mol. The Hall–Kier alpha value is -3.98. The molecule has 1 aromatic heterocycles. The first kappa shape index (κ1) is 20.9. The molecule has 0 amide bonds. The summed E-state index contributed by atoms with van der Waals surface area (Å²) in [5.74, 6) is 1.66. The van der Waals surface area contributed by atoms with E-state index in [1.54, 1.807) is 0 Å². The molecule has 0 atom stereocenters. The Kier molecular flexibility index (Phi) is 5.39. The molecule has 0 aliphatic heterocycles. The van der Waals surface area contributed by atoms with E-state index < -0.39 is 0 Å². The van der Waals surface area contributed by atoms with Crippen LogP contribution in [0.5, 0.6) is 0 Å². The van der Waals surface area contributed by atoms with E-state index in [2.05, 4.69) is 120 Å². The second-order valence-corrected chi connectivity index (χ2v) is 9.29. The smallest absolute Gasteiger partial charge is 0.168 e. The number of nitrogens with zero attached hydrogens (tertiary/aromatic N) is 3. The number of rotatable bonds is 4. The average Bonchev–Trinajstić information content (AvgIpc) is 3.30. The van der Waals surface area contributed by atoms with Crippen molar-refractivity contribution in [2.24, 2.45) is 0 Å². The van der Waals surface area contributed by atoms with Gasteiger partial charge in [-0.2, -0.15) is 0 Å². The molecule has 0 N–H and O–H groups in total. The fourth-order valence-electron chi connectivity index (χ4n) is 4.07. The molecule has 0 saturated carbocycles. The van der Waals surface area contributed by atoms with Gasteiger partial charge in [0, 0.05) is 16.8 Å². The Morgan fingerprint density at radius 2 is 1.06 bits per heavy atom. The Morgan fingerprint density at radius 1 is 0.515 bits per heavy atom. The van der Waals surface area contributed by atoms with Crippen molar-refractivity contribution in [1.29, 1.82) is 0 Å². The third kappa shape index (κ3) is 4.22. The highest BCUT2D eigenvalue weighted by atomic mass is 15.3. The van der Waals surface area contributed by atoms with Gasteiger partial charge >= 0.3 is 0 Å². The van der Waals surface area contributed by atoms with Crippen molar-refractivity contribution >= 4 is 0 Å². The van der Waals surface area contributed by atoms with Crippen molar-refractivity contribution in [2.75, 3.05) is 0 Å². The van der Waals surface area contributed by atoms with Gasteiger partial charge in [0.25, 0.3) is 0 Å². The summed E-state index contributed by atoms with van der Waals surface area (Å²) < 4.78 is 2.15. The van der Waals surface area contributed by atoms with E-state index in [1.165, 1.54) is 11.1 Å². The molecule has 33 heavy (non-hydrogen) atoms. The van der Waals surface area contributed by atoms with E-state index in [0.717, 1.165) is 34.0 Å². The molecule has 162 valence electrons. The number of hydrogen-bond acceptors (Lipinski definition) is 2. The van der Waals surface area contributed by atoms with Gasteiger partial charge in [-0.1, -0.05) is 112 Å². The van der Waals surface area contributed by atoms with Gasteiger partial charge in [-0.05, 0) is 40.3 Å². The van der Waals surface area contributed by atoms with E-state index in [1.807, 2.05) is 24.3 Å². The van der Waals surface area contributed by atoms with Gasteiger partial charge in [0.2, 0.25) is 0 Å². The molecule has 0 spiro atoms. The van der Waals surface area contributed by atoms with E-state index in [0.29, 0.717) is 0 Å². The first-order valence-corrected chi connectivity index (χ1v) is 11.3. The lowest BCUT2D eigenvalue weighted by molar-refractivity contribution is 0.590. The second-order valence-electron chi connectivity index (χ2n) is 9.29. The van der Waals surface area contributed by atoms with Gasteiger partial charge in [-0.3, -0.25) is 4.57 Å². The minimum Gasteiger partial charge on any atom is -0.275 e. The predicted molar refractivity (Wildman–Crippen MR) is 136 cm³/mol. The molecule has 0 aliphatic rings. The largest absolute Gasteiger partial charge is 0.275 e. The van der Waals surface area contributed by atoms with Gasteiger partial charge in [-0.25, -0.2) is 0 Å². The summed E-state index contributed by atoms with van der Waals surface area (Å²) in [6.45, 7) is 6.69. The number of para-hydroxylation sites is 1. The molecule has 0 unspecified atom stereocenters. The van der Waals surface area contributed by atoms with E-state index >= 15 is 0 Å². The maximum absolute atomic E-state index is 4.66. The van der Waals surface area contributed by atoms with Crippen LogP contribution in [0.4, 0.5) is 0 Å². The number of benzene rings is 4. The van der Waals surface area contributed by atoms with Crippen LogP contribution in [-0.2, 0) is 5.41 Å². The number of aromatic nitrogens is 3. The van der Waals surface area contributed by atoms with Gasteiger partial charge in [0.15, 0.2) is 11.6 Å². The third-order valence-corrected chi connectivity index (χ3v) is 5.91. The van der Waals surface area contributed by atoms with Gasteiger partial charge in [0.1, 0.15) is 0 Å². The third-order valence-electron chi connectivity index (χ3n) is 5.91. The highest BCUT2D eigenvalue weighted by molar-refractivity contribution is 5.73. The molecule has 5 aromatic rings. The molecule has 5 rings (SSSR count). The summed E-state index contributed by atoms with van der Waals surface area (Å²) in [6.07, 6.45) is 0. The predicted octanol–water partition coefficient (Wildman–Crippen LogP) is 7.57. The normalized spacial score (nSPS) is 11.5. The lowest BCUT2D eigenvalue weighted by atomic mass is 9.86. The van der Waals surface area contributed by atoms with Crippen molar-refractivity contribution in [3.8, 4) is 39.6 Å². The quantitative estimate of drug-likeness (QED) is 0.295. The summed E-state index contributed by atoms with van der Waals surface area (Å²) in [4.78, 5) is 0. The fourth-order valence-corrected chi connectivity index (χ4v) is 4.07. The van der Waals surface area contributed by atoms with Crippen molar-refractivity contribution in [2.45, 2.75) is 26.2 Å². The minimum atomic E-state index is 0.106. The van der Waals surface area contributed by atoms with Crippen LogP contribution in [-0.4, -0.2) is 14.8 Å². The minimum absolute atomic E-state index is 0.106. The highest BCUT2D eigenvalue weighted by Crippen LogP contribution is 2.32. The van der Waals surface area contributed by atoms with Gasteiger partial charge in [0.05, 0.1) is 0 Å². The van der Waals surface area contributed by atoms with E-state index in [4.69, 9.17) is 0 Å². The summed E-state index contributed by atoms with van der Waals surface area (Å²) in [6, 6.07) is 37.9. The van der Waals surface area contributed by atoms with Gasteiger partial charge in [-0.15, -0.1) is 10.2 Å². The molecule has 0 radical (unpaired) electrons. The Bertz CT molecular complexity index is 1360. The summed E-state index contributed by atoms with van der Waals surface area (Å²) in [5, 5.41) is 9.30. The van der Waals surface area contributed by atoms with Gasteiger partial charge < -0.3 is 0 Å². The molecule has 4 aromatic carbocycles. The van der Waals surface area contributed by atoms with Crippen molar-refractivity contribution in [1.82, 2.24) is 14.8 Å². The molecule has 3 heteroatoms. The lowest BCUT2D eigenvalue weighted by Gasteiger charge is -2.19. The molecule has 0 aliphatic carbocycles. The molecule has 1 heterocycles. The van der Waals surface area contributed by atoms with E-state index in [9.17, 15) is 0 Å². The van der Waals surface area contributed by atoms with Crippen molar-refractivity contribution in [3.63, 3.8) is 0 Å². The summed E-state index contributed by atoms with van der Waals surface area (Å²) >= 11 is 0. The Balaban J connectivity index is 1.65. The zero-order valence-electron chi connectivity index (χ0n) is 19.2. The molecule has 0 saturated heterocycles. The first-order valence-electron chi connectivity index (χ1n) is 11.3. The topological polar surface area (TPSA) is 30.7 Å². The van der Waals surface area contributed by atoms with Crippen LogP contribution in [0.15, 0.2) is 109 Å². The average molecular weight is 430 g/mol. The van der Waals surface area contributed by atoms with Crippen LogP contribution in [0.3, 0.4) is 0 Å². The SMILES string of the molecule is CC(C)(C)c1ccc(-c2nnc(-c3cccc(-c4ccccc4)c3)n2-c2ccccc2)cc1. The zero-order valence-corrected chi connectivity index (χ0v) is 19.2. The first-order chi connectivity index (χ1) is 16.0. The molecular formula is C30H27N3. The van der Waals surface area contributed by atoms with Crippen LogP contribution >= 0.6 is 0 Å². The van der Waals surface area contributed by atoms with Crippen LogP contribution in [0, 0.1) is 0 Å². The monoisotopic (exact) mass is 429 g/mol. The summed E-state index contributed by atoms with van der Waals surface area (Å²) in [7, 11) is 0. The van der Waals surface area contributed by atoms with Crippen LogP contribution < -0.4 is 0 Å².